The van der Waals surface area contributed by atoms with Crippen molar-refractivity contribution in [2.75, 3.05) is 63.9 Å². The molecule has 0 unspecified atom stereocenters. The molecule has 3 aliphatic rings. The molecule has 0 radical (unpaired) electrons. The molecule has 2 heterocycles. The van der Waals surface area contributed by atoms with Crippen LogP contribution in [0.25, 0.3) is 0 Å². The van der Waals surface area contributed by atoms with E-state index in [2.05, 4.69) is 19.7 Å². The van der Waals surface area contributed by atoms with Crippen molar-refractivity contribution in [1.29, 1.82) is 0 Å². The van der Waals surface area contributed by atoms with Crippen molar-refractivity contribution in [3.05, 3.63) is 0 Å². The summed E-state index contributed by atoms with van der Waals surface area (Å²) in [5.41, 5.74) is 6.08. The standard InChI is InChI=1S/C16H29N5OS.HI/c17-16(21-10-12-23-13-11-21)18-4-5-19-6-8-20(9-7-19)15(22)14-2-1-3-14;/h14H,1-13H2,(H2,17,18);1H. The summed E-state index contributed by atoms with van der Waals surface area (Å²) in [4.78, 5) is 23.4. The van der Waals surface area contributed by atoms with Crippen molar-refractivity contribution in [2.45, 2.75) is 19.3 Å². The molecule has 0 bridgehead atoms. The zero-order valence-corrected chi connectivity index (χ0v) is 17.5. The molecule has 3 fully saturated rings. The van der Waals surface area contributed by atoms with Crippen LogP contribution in [0.15, 0.2) is 4.99 Å². The fourth-order valence-corrected chi connectivity index (χ4v) is 4.21. The summed E-state index contributed by atoms with van der Waals surface area (Å²) in [7, 11) is 0. The van der Waals surface area contributed by atoms with Gasteiger partial charge in [-0.1, -0.05) is 6.42 Å². The van der Waals surface area contributed by atoms with Crippen LogP contribution in [0.5, 0.6) is 0 Å². The molecular weight excluding hydrogens is 437 g/mol. The molecule has 0 aromatic carbocycles. The first-order valence-corrected chi connectivity index (χ1v) is 10.0. The normalized spacial score (nSPS) is 23.6. The zero-order chi connectivity index (χ0) is 16.1. The molecule has 0 aromatic rings. The minimum Gasteiger partial charge on any atom is -0.370 e. The molecule has 0 atom stereocenters. The predicted octanol–water partition coefficient (Wildman–Crippen LogP) is 0.912. The van der Waals surface area contributed by atoms with Gasteiger partial charge in [-0.15, -0.1) is 24.0 Å². The summed E-state index contributed by atoms with van der Waals surface area (Å²) in [5, 5.41) is 0. The summed E-state index contributed by atoms with van der Waals surface area (Å²) in [5.74, 6) is 3.71. The minimum absolute atomic E-state index is 0. The number of nitrogens with two attached hydrogens (primary N) is 1. The lowest BCUT2D eigenvalue weighted by Gasteiger charge is -2.38. The number of halogens is 1. The van der Waals surface area contributed by atoms with Gasteiger partial charge in [-0.3, -0.25) is 14.7 Å². The van der Waals surface area contributed by atoms with Crippen molar-refractivity contribution in [3.63, 3.8) is 0 Å². The summed E-state index contributed by atoms with van der Waals surface area (Å²) >= 11 is 1.98. The second-order valence-electron chi connectivity index (χ2n) is 6.63. The van der Waals surface area contributed by atoms with E-state index in [0.717, 1.165) is 76.7 Å². The third kappa shape index (κ3) is 5.39. The number of aliphatic imine (C=N–C) groups is 1. The average Bonchev–Trinajstić information content (AvgIpc) is 2.54. The van der Waals surface area contributed by atoms with E-state index in [9.17, 15) is 4.79 Å². The van der Waals surface area contributed by atoms with Gasteiger partial charge >= 0.3 is 0 Å². The SMILES string of the molecule is I.NC(=NCCN1CCN(C(=O)C2CCC2)CC1)N1CCSCC1. The smallest absolute Gasteiger partial charge is 0.225 e. The van der Waals surface area contributed by atoms with E-state index in [1.165, 1.54) is 6.42 Å². The molecule has 0 aromatic heterocycles. The fourth-order valence-electron chi connectivity index (χ4n) is 3.30. The maximum Gasteiger partial charge on any atom is 0.225 e. The van der Waals surface area contributed by atoms with Crippen LogP contribution in [-0.2, 0) is 4.79 Å². The van der Waals surface area contributed by atoms with E-state index < -0.39 is 0 Å². The molecule has 8 heteroatoms. The van der Waals surface area contributed by atoms with Crippen molar-refractivity contribution < 1.29 is 4.79 Å². The number of guanidine groups is 1. The van der Waals surface area contributed by atoms with Gasteiger partial charge in [-0.05, 0) is 12.8 Å². The lowest BCUT2D eigenvalue weighted by Crippen LogP contribution is -2.51. The van der Waals surface area contributed by atoms with Crippen LogP contribution in [0.3, 0.4) is 0 Å². The third-order valence-electron chi connectivity index (χ3n) is 5.16. The second kappa shape index (κ2) is 10.1. The summed E-state index contributed by atoms with van der Waals surface area (Å²) in [6, 6.07) is 0. The van der Waals surface area contributed by atoms with Crippen LogP contribution in [0, 0.1) is 5.92 Å². The number of carbonyl (C=O) groups excluding carboxylic acids is 1. The molecule has 0 spiro atoms. The largest absolute Gasteiger partial charge is 0.370 e. The number of piperazine rings is 1. The molecule has 1 saturated carbocycles. The molecule has 1 amide bonds. The van der Waals surface area contributed by atoms with E-state index in [4.69, 9.17) is 5.73 Å². The predicted molar refractivity (Wildman–Crippen MR) is 111 cm³/mol. The molecular formula is C16H30IN5OS. The maximum atomic E-state index is 12.2. The van der Waals surface area contributed by atoms with Crippen LogP contribution in [0.2, 0.25) is 0 Å². The van der Waals surface area contributed by atoms with Gasteiger partial charge in [-0.25, -0.2) is 0 Å². The van der Waals surface area contributed by atoms with Gasteiger partial charge in [0.2, 0.25) is 5.91 Å². The fraction of sp³-hybridized carbons (Fsp3) is 0.875. The van der Waals surface area contributed by atoms with Crippen molar-refractivity contribution in [2.24, 2.45) is 16.6 Å². The number of thioether (sulfide) groups is 1. The molecule has 1 aliphatic carbocycles. The third-order valence-corrected chi connectivity index (χ3v) is 6.11. The Morgan fingerprint density at radius 1 is 1.04 bits per heavy atom. The van der Waals surface area contributed by atoms with Gasteiger partial charge in [0.25, 0.3) is 0 Å². The molecule has 2 saturated heterocycles. The van der Waals surface area contributed by atoms with Gasteiger partial charge in [-0.2, -0.15) is 11.8 Å². The first-order chi connectivity index (χ1) is 11.2. The first-order valence-electron chi connectivity index (χ1n) is 8.88. The Morgan fingerprint density at radius 2 is 1.71 bits per heavy atom. The summed E-state index contributed by atoms with van der Waals surface area (Å²) < 4.78 is 0. The van der Waals surface area contributed by atoms with Gasteiger partial charge < -0.3 is 15.5 Å². The zero-order valence-electron chi connectivity index (χ0n) is 14.4. The summed E-state index contributed by atoms with van der Waals surface area (Å²) in [6.45, 7) is 7.41. The van der Waals surface area contributed by atoms with E-state index >= 15 is 0 Å². The van der Waals surface area contributed by atoms with Crippen molar-refractivity contribution >= 4 is 47.6 Å². The van der Waals surface area contributed by atoms with Crippen LogP contribution in [0.4, 0.5) is 0 Å². The Balaban J connectivity index is 0.00000208. The van der Waals surface area contributed by atoms with Crippen LogP contribution >= 0.6 is 35.7 Å². The first kappa shape index (κ1) is 20.1. The average molecular weight is 467 g/mol. The number of nitrogens with zero attached hydrogens (tertiary/aromatic N) is 4. The van der Waals surface area contributed by atoms with Gasteiger partial charge in [0, 0.05) is 63.2 Å². The number of rotatable bonds is 4. The second-order valence-corrected chi connectivity index (χ2v) is 7.86. The monoisotopic (exact) mass is 467 g/mol. The van der Waals surface area contributed by atoms with Crippen LogP contribution in [-0.4, -0.2) is 90.4 Å². The van der Waals surface area contributed by atoms with E-state index in [1.54, 1.807) is 0 Å². The highest BCUT2D eigenvalue weighted by molar-refractivity contribution is 14.0. The lowest BCUT2D eigenvalue weighted by atomic mass is 9.84. The Hall–Kier alpha value is -0.220. The van der Waals surface area contributed by atoms with Crippen molar-refractivity contribution in [3.8, 4) is 0 Å². The highest BCUT2D eigenvalue weighted by Gasteiger charge is 2.30. The van der Waals surface area contributed by atoms with Crippen LogP contribution < -0.4 is 5.73 Å². The molecule has 6 nitrogen and oxygen atoms in total. The van der Waals surface area contributed by atoms with Crippen LogP contribution in [0.1, 0.15) is 19.3 Å². The molecule has 24 heavy (non-hydrogen) atoms. The summed E-state index contributed by atoms with van der Waals surface area (Å²) in [6.07, 6.45) is 3.43. The molecule has 2 N–H and O–H groups in total. The lowest BCUT2D eigenvalue weighted by molar-refractivity contribution is -0.139. The van der Waals surface area contributed by atoms with Crippen molar-refractivity contribution in [1.82, 2.24) is 14.7 Å². The molecule has 138 valence electrons. The Morgan fingerprint density at radius 3 is 2.29 bits per heavy atom. The highest BCUT2D eigenvalue weighted by Crippen LogP contribution is 2.28. The minimum atomic E-state index is 0. The Kier molecular flexibility index (Phi) is 8.42. The maximum absolute atomic E-state index is 12.2. The quantitative estimate of drug-likeness (QED) is 0.379. The van der Waals surface area contributed by atoms with E-state index in [1.807, 2.05) is 11.8 Å². The highest BCUT2D eigenvalue weighted by atomic mass is 127. The van der Waals surface area contributed by atoms with E-state index in [0.29, 0.717) is 17.8 Å². The molecule has 2 aliphatic heterocycles. The Labute approximate surface area is 166 Å². The topological polar surface area (TPSA) is 65.2 Å². The van der Waals surface area contributed by atoms with Gasteiger partial charge in [0.05, 0.1) is 6.54 Å². The van der Waals surface area contributed by atoms with Gasteiger partial charge in [0.15, 0.2) is 5.96 Å². The van der Waals surface area contributed by atoms with Gasteiger partial charge in [0.1, 0.15) is 0 Å². The van der Waals surface area contributed by atoms with E-state index in [-0.39, 0.29) is 24.0 Å². The number of amides is 1. The number of hydrogen-bond acceptors (Lipinski definition) is 4. The Bertz CT molecular complexity index is 432. The number of carbonyl (C=O) groups is 1. The molecule has 3 rings (SSSR count). The number of hydrogen-bond donors (Lipinski definition) is 1.